The standard InChI is InChI=1S/C64H91N10O17P/c1-38(2)28-33-85-48-25-23-41-17-10-12-19-43(41)53(48)54-44-20-13-11-18-42(44)24-26-49(54)87-37-52(75)69-45(21-14-15-30-68-63(82)90-64(7,8)9)57(78)70-46(58(79)71-47(35-40(5)6)60(80)86-34-29-39(3)4)22-16-31-67-61(66)73-91-92(83,84)88-36-50-55(76)56(77)59(89-50)74-32-27-51(65)72-62(74)81/h10-13,17-20,23-27,32,38-40,45-47,50,55-56,59,76-77H,14-16,21-22,28-31,33-37H2,1-9H3,(H,68,82)(H,69,75)(H,70,78)(H,71,79)(H,83,84)(H2,65,72,81)(H3,66,67,73)/t45?,46?,47?,50-,55-,56-,59-/m1/s1. The Bertz CT molecular complexity index is 3430. The SMILES string of the molecule is CC(C)CCOC(=O)C(CC(C)C)NC(=O)C(CCCN=C(N)NOP(=O)(O)OC[C@H]1O[C@@H](n2ccc(N)nc2=O)[C@H](O)[C@@H]1O)NC(=O)C(CCCCNC(=O)OC(C)(C)C)NC(=O)COc1ccc2ccccc2c1-c1c(OCCC(C)C)ccc2ccccc12. The minimum Gasteiger partial charge on any atom is -0.493 e. The Morgan fingerprint density at radius 1 is 0.739 bits per heavy atom. The summed E-state index contributed by atoms with van der Waals surface area (Å²) in [6, 6.07) is 20.9. The summed E-state index contributed by atoms with van der Waals surface area (Å²) in [5.41, 5.74) is 13.4. The third-order valence-corrected chi connectivity index (χ3v) is 15.3. The van der Waals surface area contributed by atoms with E-state index in [1.54, 1.807) is 26.8 Å². The summed E-state index contributed by atoms with van der Waals surface area (Å²) < 4.78 is 53.0. The molecule has 1 aliphatic heterocycles. The number of nitrogens with two attached hydrogens (primary N) is 2. The molecule has 0 bridgehead atoms. The van der Waals surface area contributed by atoms with Gasteiger partial charge >= 0.3 is 25.6 Å². The van der Waals surface area contributed by atoms with Crippen molar-refractivity contribution < 1.29 is 76.5 Å². The van der Waals surface area contributed by atoms with Gasteiger partial charge in [0.15, 0.2) is 12.8 Å². The molecule has 4 aromatic carbocycles. The molecule has 504 valence electrons. The van der Waals surface area contributed by atoms with Gasteiger partial charge in [-0.05, 0) is 130 Å². The second-order valence-electron chi connectivity index (χ2n) is 24.7. The second kappa shape index (κ2) is 34.7. The zero-order valence-electron chi connectivity index (χ0n) is 53.8. The van der Waals surface area contributed by atoms with Gasteiger partial charge in [0.1, 0.15) is 59.4 Å². The number of carbonyl (C=O) groups excluding carboxylic acids is 5. The normalized spacial score (nSPS) is 17.6. The number of unbranched alkanes of at least 4 members (excludes halogenated alkanes) is 1. The number of rotatable bonds is 34. The van der Waals surface area contributed by atoms with Gasteiger partial charge in [-0.25, -0.2) is 24.4 Å². The highest BCUT2D eigenvalue weighted by atomic mass is 31.2. The molecule has 28 heteroatoms. The van der Waals surface area contributed by atoms with E-state index >= 15 is 0 Å². The minimum absolute atomic E-state index is 0.0190. The van der Waals surface area contributed by atoms with Crippen LogP contribution in [0.5, 0.6) is 11.5 Å². The van der Waals surface area contributed by atoms with Gasteiger partial charge in [0.25, 0.3) is 5.91 Å². The van der Waals surface area contributed by atoms with Crippen LogP contribution >= 0.6 is 7.82 Å². The number of fused-ring (bicyclic) bond motifs is 2. The number of aromatic nitrogens is 2. The fraction of sp³-hybridized carbons (Fsp3) is 0.531. The van der Waals surface area contributed by atoms with E-state index in [0.717, 1.165) is 38.1 Å². The summed E-state index contributed by atoms with van der Waals surface area (Å²) in [6.07, 6.45) is -3.51. The summed E-state index contributed by atoms with van der Waals surface area (Å²) in [4.78, 5) is 100. The Morgan fingerprint density at radius 2 is 1.33 bits per heavy atom. The molecule has 92 heavy (non-hydrogen) atoms. The lowest BCUT2D eigenvalue weighted by atomic mass is 9.92. The average Bonchev–Trinajstić information content (AvgIpc) is 0.856. The van der Waals surface area contributed by atoms with E-state index in [4.69, 9.17) is 44.3 Å². The van der Waals surface area contributed by atoms with E-state index in [1.807, 2.05) is 99.9 Å². The van der Waals surface area contributed by atoms with E-state index in [-0.39, 0.29) is 63.0 Å². The number of hydrogen-bond donors (Lipinski definition) is 10. The molecular weight excluding hydrogens is 1210 g/mol. The molecule has 0 saturated carbocycles. The van der Waals surface area contributed by atoms with Crippen LogP contribution in [0.15, 0.2) is 94.8 Å². The molecule has 4 amide bonds. The van der Waals surface area contributed by atoms with Crippen LogP contribution in [0.4, 0.5) is 10.6 Å². The van der Waals surface area contributed by atoms with Gasteiger partial charge in [0, 0.05) is 30.4 Å². The molecule has 27 nitrogen and oxygen atoms in total. The Hall–Kier alpha value is -7.91. The Balaban J connectivity index is 1.20. The smallest absolute Gasteiger partial charge is 0.493 e. The summed E-state index contributed by atoms with van der Waals surface area (Å²) >= 11 is 0. The summed E-state index contributed by atoms with van der Waals surface area (Å²) in [6.45, 7) is 16.4. The first-order valence-electron chi connectivity index (χ1n) is 31.0. The molecule has 1 aromatic heterocycles. The third kappa shape index (κ3) is 22.7. The van der Waals surface area contributed by atoms with Crippen LogP contribution < -0.4 is 53.4 Å². The topological polar surface area (TPSA) is 387 Å². The van der Waals surface area contributed by atoms with Gasteiger partial charge in [0.05, 0.1) is 19.8 Å². The maximum absolute atomic E-state index is 14.7. The predicted octanol–water partition coefficient (Wildman–Crippen LogP) is 6.44. The van der Waals surface area contributed by atoms with Crippen LogP contribution in [-0.4, -0.2) is 142 Å². The lowest BCUT2D eigenvalue weighted by Crippen LogP contribution is -2.56. The number of phosphoric ester groups is 1. The number of hydrogen-bond acceptors (Lipinski definition) is 19. The highest BCUT2D eigenvalue weighted by molar-refractivity contribution is 7.47. The molecular formula is C64H91N10O17P. The van der Waals surface area contributed by atoms with Gasteiger partial charge in [-0.3, -0.25) is 28.5 Å². The number of nitrogens with one attached hydrogen (secondary N) is 5. The van der Waals surface area contributed by atoms with Crippen molar-refractivity contribution in [2.45, 2.75) is 162 Å². The number of aliphatic imine (C=N–C) groups is 1. The maximum atomic E-state index is 14.7. The van der Waals surface area contributed by atoms with Crippen LogP contribution in [0.2, 0.25) is 0 Å². The van der Waals surface area contributed by atoms with Crippen molar-refractivity contribution >= 4 is 70.9 Å². The summed E-state index contributed by atoms with van der Waals surface area (Å²) in [5.74, 6) is -1.94. The van der Waals surface area contributed by atoms with Crippen molar-refractivity contribution in [2.75, 3.05) is 45.3 Å². The molecule has 0 spiro atoms. The lowest BCUT2D eigenvalue weighted by Gasteiger charge is -2.26. The summed E-state index contributed by atoms with van der Waals surface area (Å²) in [5, 5.41) is 35.9. The number of ether oxygens (including phenoxy) is 5. The molecule has 1 aliphatic rings. The van der Waals surface area contributed by atoms with Gasteiger partial charge < -0.3 is 71.5 Å². The van der Waals surface area contributed by atoms with E-state index in [1.165, 1.54) is 12.3 Å². The number of esters is 1. The van der Waals surface area contributed by atoms with Crippen LogP contribution in [0.3, 0.4) is 0 Å². The highest BCUT2D eigenvalue weighted by Gasteiger charge is 2.45. The van der Waals surface area contributed by atoms with E-state index < -0.39 is 111 Å². The molecule has 2 heterocycles. The third-order valence-electron chi connectivity index (χ3n) is 14.5. The number of alkyl carbamates (subject to hydrolysis) is 1. The van der Waals surface area contributed by atoms with Crippen molar-refractivity contribution in [1.29, 1.82) is 0 Å². The monoisotopic (exact) mass is 1300 g/mol. The minimum atomic E-state index is -5.03. The second-order valence-corrected chi connectivity index (χ2v) is 26.1. The maximum Gasteiger partial charge on any atom is 0.493 e. The Labute approximate surface area is 535 Å². The molecule has 6 rings (SSSR count). The van der Waals surface area contributed by atoms with Crippen LogP contribution in [0.25, 0.3) is 32.7 Å². The van der Waals surface area contributed by atoms with Crippen molar-refractivity contribution in [1.82, 2.24) is 36.3 Å². The number of hydroxylamine groups is 1. The van der Waals surface area contributed by atoms with Crippen molar-refractivity contribution in [3.63, 3.8) is 0 Å². The van der Waals surface area contributed by atoms with Gasteiger partial charge in [0.2, 0.25) is 17.8 Å². The largest absolute Gasteiger partial charge is 0.493 e. The summed E-state index contributed by atoms with van der Waals surface area (Å²) in [7, 11) is -5.03. The molecule has 0 radical (unpaired) electrons. The van der Waals surface area contributed by atoms with Gasteiger partial charge in [-0.2, -0.15) is 9.61 Å². The zero-order chi connectivity index (χ0) is 67.3. The molecule has 12 N–H and O–H groups in total. The molecule has 5 aromatic rings. The molecule has 8 atom stereocenters. The molecule has 1 saturated heterocycles. The van der Waals surface area contributed by atoms with E-state index in [0.29, 0.717) is 48.8 Å². The predicted molar refractivity (Wildman–Crippen MR) is 346 cm³/mol. The molecule has 1 fully saturated rings. The first-order valence-corrected chi connectivity index (χ1v) is 32.5. The number of aliphatic hydroxyl groups is 2. The number of nitrogens with zero attached hydrogens (tertiary/aromatic N) is 3. The number of amides is 4. The average molecular weight is 1300 g/mol. The number of phosphoric acid groups is 1. The fourth-order valence-corrected chi connectivity index (χ4v) is 10.4. The number of aliphatic hydroxyl groups excluding tert-OH is 2. The van der Waals surface area contributed by atoms with Gasteiger partial charge in [-0.15, -0.1) is 0 Å². The number of benzene rings is 4. The van der Waals surface area contributed by atoms with Crippen molar-refractivity contribution in [3.05, 3.63) is 95.5 Å². The first-order chi connectivity index (χ1) is 43.6. The molecule has 4 unspecified atom stereocenters. The van der Waals surface area contributed by atoms with Crippen LogP contribution in [-0.2, 0) is 47.1 Å². The van der Waals surface area contributed by atoms with Crippen LogP contribution in [0.1, 0.15) is 120 Å². The first kappa shape index (κ1) is 73.1. The van der Waals surface area contributed by atoms with Crippen LogP contribution in [0, 0.1) is 17.8 Å². The molecule has 0 aliphatic carbocycles. The highest BCUT2D eigenvalue weighted by Crippen LogP contribution is 2.46. The van der Waals surface area contributed by atoms with E-state index in [2.05, 4.69) is 45.1 Å². The van der Waals surface area contributed by atoms with Crippen molar-refractivity contribution in [3.8, 4) is 22.6 Å². The zero-order valence-corrected chi connectivity index (χ0v) is 54.7. The van der Waals surface area contributed by atoms with E-state index in [9.17, 15) is 48.4 Å². The quantitative estimate of drug-likeness (QED) is 0.00529. The number of guanidine groups is 1. The number of anilines is 1. The number of carbonyl (C=O) groups is 5. The Morgan fingerprint density at radius 3 is 1.93 bits per heavy atom. The Kier molecular flexibility index (Phi) is 27.6. The van der Waals surface area contributed by atoms with Gasteiger partial charge in [-0.1, -0.05) is 102 Å². The fourth-order valence-electron chi connectivity index (χ4n) is 9.83. The van der Waals surface area contributed by atoms with Crippen molar-refractivity contribution in [2.24, 2.45) is 28.5 Å². The lowest BCUT2D eigenvalue weighted by molar-refractivity contribution is -0.149. The number of nitrogen functional groups attached to an aromatic ring is 1.